The molecular weight excluding hydrogens is 304 g/mol. The SMILES string of the molecule is COc1ccc2c(c1)oc(=O)c1cc(C#CC3(OC)CC3)ccc12. The van der Waals surface area contributed by atoms with E-state index in [1.807, 2.05) is 24.3 Å². The lowest BCUT2D eigenvalue weighted by Crippen LogP contribution is -2.06. The van der Waals surface area contributed by atoms with Gasteiger partial charge in [-0.3, -0.25) is 0 Å². The molecule has 1 aromatic heterocycles. The van der Waals surface area contributed by atoms with Gasteiger partial charge in [-0.1, -0.05) is 17.9 Å². The molecule has 1 fully saturated rings. The van der Waals surface area contributed by atoms with Crippen molar-refractivity contribution < 1.29 is 13.9 Å². The molecule has 0 aliphatic heterocycles. The third-order valence-corrected chi connectivity index (χ3v) is 4.45. The zero-order chi connectivity index (χ0) is 16.7. The highest BCUT2D eigenvalue weighted by Crippen LogP contribution is 2.38. The van der Waals surface area contributed by atoms with Crippen LogP contribution in [0.5, 0.6) is 5.75 Å². The molecule has 4 heteroatoms. The molecule has 3 aromatic rings. The van der Waals surface area contributed by atoms with Crippen molar-refractivity contribution in [2.24, 2.45) is 0 Å². The van der Waals surface area contributed by atoms with Gasteiger partial charge >= 0.3 is 5.63 Å². The maximum absolute atomic E-state index is 12.3. The summed E-state index contributed by atoms with van der Waals surface area (Å²) in [4.78, 5) is 12.3. The zero-order valence-corrected chi connectivity index (χ0v) is 13.5. The van der Waals surface area contributed by atoms with E-state index in [9.17, 15) is 4.79 Å². The third kappa shape index (κ3) is 2.44. The van der Waals surface area contributed by atoms with Crippen molar-refractivity contribution in [2.45, 2.75) is 18.4 Å². The minimum atomic E-state index is -0.373. The lowest BCUT2D eigenvalue weighted by atomic mass is 10.0. The van der Waals surface area contributed by atoms with Crippen LogP contribution in [0, 0.1) is 11.8 Å². The number of benzene rings is 2. The molecule has 4 rings (SSSR count). The standard InChI is InChI=1S/C20H16O4/c1-22-14-4-6-16-15-5-3-13(7-8-20(23-2)9-10-20)11-17(15)19(21)24-18(16)12-14/h3-6,11-12H,9-10H2,1-2H3. The Bertz CT molecular complexity index is 1060. The van der Waals surface area contributed by atoms with E-state index in [-0.39, 0.29) is 11.2 Å². The number of methoxy groups -OCH3 is 2. The Labute approximate surface area is 139 Å². The van der Waals surface area contributed by atoms with Crippen molar-refractivity contribution in [3.8, 4) is 17.6 Å². The van der Waals surface area contributed by atoms with Gasteiger partial charge in [-0.2, -0.15) is 0 Å². The van der Waals surface area contributed by atoms with Gasteiger partial charge in [0, 0.05) is 29.5 Å². The van der Waals surface area contributed by atoms with Crippen molar-refractivity contribution in [1.29, 1.82) is 0 Å². The molecular formula is C20H16O4. The molecule has 1 aliphatic carbocycles. The number of hydrogen-bond donors (Lipinski definition) is 0. The summed E-state index contributed by atoms with van der Waals surface area (Å²) in [7, 11) is 3.26. The Morgan fingerprint density at radius 1 is 1.04 bits per heavy atom. The minimum absolute atomic E-state index is 0.292. The largest absolute Gasteiger partial charge is 0.497 e. The quantitative estimate of drug-likeness (QED) is 0.412. The molecule has 24 heavy (non-hydrogen) atoms. The van der Waals surface area contributed by atoms with Gasteiger partial charge in [-0.15, -0.1) is 0 Å². The fourth-order valence-corrected chi connectivity index (χ4v) is 2.80. The van der Waals surface area contributed by atoms with Gasteiger partial charge in [0.25, 0.3) is 0 Å². The van der Waals surface area contributed by atoms with Crippen LogP contribution in [0.25, 0.3) is 21.7 Å². The van der Waals surface area contributed by atoms with Crippen molar-refractivity contribution in [3.63, 3.8) is 0 Å². The number of fused-ring (bicyclic) bond motifs is 3. The lowest BCUT2D eigenvalue weighted by molar-refractivity contribution is 0.129. The summed E-state index contributed by atoms with van der Waals surface area (Å²) >= 11 is 0. The summed E-state index contributed by atoms with van der Waals surface area (Å²) in [6, 6.07) is 11.1. The predicted molar refractivity (Wildman–Crippen MR) is 92.4 cm³/mol. The zero-order valence-electron chi connectivity index (χ0n) is 13.5. The highest BCUT2D eigenvalue weighted by molar-refractivity contribution is 6.04. The van der Waals surface area contributed by atoms with Gasteiger partial charge in [0.15, 0.2) is 0 Å². The molecule has 1 heterocycles. The summed E-state index contributed by atoms with van der Waals surface area (Å²) in [5.74, 6) is 6.91. The second-order valence-corrected chi connectivity index (χ2v) is 5.96. The number of ether oxygens (including phenoxy) is 2. The molecule has 4 nitrogen and oxygen atoms in total. The van der Waals surface area contributed by atoms with E-state index in [1.54, 1.807) is 26.4 Å². The van der Waals surface area contributed by atoms with Crippen LogP contribution >= 0.6 is 0 Å². The second-order valence-electron chi connectivity index (χ2n) is 5.96. The molecule has 1 aliphatic rings. The van der Waals surface area contributed by atoms with Crippen LogP contribution in [0.4, 0.5) is 0 Å². The van der Waals surface area contributed by atoms with Crippen molar-refractivity contribution >= 4 is 21.7 Å². The summed E-state index contributed by atoms with van der Waals surface area (Å²) in [5.41, 5.74) is 0.634. The Hall–Kier alpha value is -2.77. The van der Waals surface area contributed by atoms with E-state index in [4.69, 9.17) is 13.9 Å². The van der Waals surface area contributed by atoms with Crippen molar-refractivity contribution in [2.75, 3.05) is 14.2 Å². The maximum atomic E-state index is 12.3. The smallest absolute Gasteiger partial charge is 0.344 e. The van der Waals surface area contributed by atoms with Gasteiger partial charge < -0.3 is 13.9 Å². The first-order valence-electron chi connectivity index (χ1n) is 7.77. The van der Waals surface area contributed by atoms with Gasteiger partial charge in [-0.05, 0) is 37.1 Å². The topological polar surface area (TPSA) is 48.7 Å². The highest BCUT2D eigenvalue weighted by Gasteiger charge is 2.41. The van der Waals surface area contributed by atoms with Gasteiger partial charge in [0.1, 0.15) is 16.9 Å². The summed E-state index contributed by atoms with van der Waals surface area (Å²) in [5, 5.41) is 2.25. The Kier molecular flexibility index (Phi) is 3.33. The molecule has 0 saturated heterocycles. The van der Waals surface area contributed by atoms with Crippen LogP contribution < -0.4 is 10.4 Å². The Morgan fingerprint density at radius 3 is 2.54 bits per heavy atom. The molecule has 0 N–H and O–H groups in total. The first-order chi connectivity index (χ1) is 11.6. The molecule has 0 atom stereocenters. The molecule has 0 radical (unpaired) electrons. The number of hydrogen-bond acceptors (Lipinski definition) is 4. The molecule has 0 amide bonds. The van der Waals surface area contributed by atoms with Crippen LogP contribution in [0.3, 0.4) is 0 Å². The monoisotopic (exact) mass is 320 g/mol. The van der Waals surface area contributed by atoms with Crippen molar-refractivity contribution in [3.05, 3.63) is 52.4 Å². The molecule has 0 bridgehead atoms. The van der Waals surface area contributed by atoms with Crippen LogP contribution in [0.2, 0.25) is 0 Å². The molecule has 120 valence electrons. The van der Waals surface area contributed by atoms with E-state index >= 15 is 0 Å². The van der Waals surface area contributed by atoms with E-state index in [0.717, 1.165) is 29.2 Å². The van der Waals surface area contributed by atoms with Crippen LogP contribution in [0.1, 0.15) is 18.4 Å². The van der Waals surface area contributed by atoms with E-state index < -0.39 is 0 Å². The highest BCUT2D eigenvalue weighted by atomic mass is 16.5. The van der Waals surface area contributed by atoms with E-state index in [2.05, 4.69) is 11.8 Å². The normalized spacial score (nSPS) is 15.1. The van der Waals surface area contributed by atoms with E-state index in [0.29, 0.717) is 16.7 Å². The molecule has 1 saturated carbocycles. The van der Waals surface area contributed by atoms with Crippen LogP contribution in [-0.2, 0) is 4.74 Å². The Balaban J connectivity index is 1.87. The molecule has 0 unspecified atom stereocenters. The fourth-order valence-electron chi connectivity index (χ4n) is 2.80. The third-order valence-electron chi connectivity index (χ3n) is 4.45. The van der Waals surface area contributed by atoms with Crippen LogP contribution in [-0.4, -0.2) is 19.8 Å². The maximum Gasteiger partial charge on any atom is 0.344 e. The lowest BCUT2D eigenvalue weighted by Gasteiger charge is -2.05. The average Bonchev–Trinajstić information content (AvgIpc) is 3.40. The molecule has 2 aromatic carbocycles. The average molecular weight is 320 g/mol. The summed E-state index contributed by atoms with van der Waals surface area (Å²) in [6.07, 6.45) is 1.91. The molecule has 0 spiro atoms. The number of rotatable bonds is 2. The second kappa shape index (κ2) is 5.40. The van der Waals surface area contributed by atoms with Gasteiger partial charge in [0.05, 0.1) is 12.5 Å². The van der Waals surface area contributed by atoms with E-state index in [1.165, 1.54) is 0 Å². The first-order valence-corrected chi connectivity index (χ1v) is 7.77. The van der Waals surface area contributed by atoms with Gasteiger partial charge in [-0.25, -0.2) is 4.79 Å². The minimum Gasteiger partial charge on any atom is -0.497 e. The fraction of sp³-hybridized carbons (Fsp3) is 0.250. The van der Waals surface area contributed by atoms with Crippen molar-refractivity contribution in [1.82, 2.24) is 0 Å². The first kappa shape index (κ1) is 14.8. The van der Waals surface area contributed by atoms with Crippen LogP contribution in [0.15, 0.2) is 45.6 Å². The van der Waals surface area contributed by atoms with Gasteiger partial charge in [0.2, 0.25) is 0 Å². The summed E-state index contributed by atoms with van der Waals surface area (Å²) in [6.45, 7) is 0. The Morgan fingerprint density at radius 2 is 1.83 bits per heavy atom. The predicted octanol–water partition coefficient (Wildman–Crippen LogP) is 3.49. The summed E-state index contributed by atoms with van der Waals surface area (Å²) < 4.78 is 16.0.